The predicted molar refractivity (Wildman–Crippen MR) is 81.8 cm³/mol. The highest BCUT2D eigenvalue weighted by atomic mass is 32.2. The van der Waals surface area contributed by atoms with Crippen LogP contribution in [0.5, 0.6) is 0 Å². The minimum Gasteiger partial charge on any atom is -0.469 e. The largest absolute Gasteiger partial charge is 0.469 e. The van der Waals surface area contributed by atoms with E-state index in [-0.39, 0.29) is 24.1 Å². The summed E-state index contributed by atoms with van der Waals surface area (Å²) in [6, 6.07) is 0. The summed E-state index contributed by atoms with van der Waals surface area (Å²) in [5.74, 6) is -0.298. The summed E-state index contributed by atoms with van der Waals surface area (Å²) < 4.78 is 5.31. The normalized spacial score (nSPS) is 10.4. The summed E-state index contributed by atoms with van der Waals surface area (Å²) in [5.41, 5.74) is 0.578. The lowest BCUT2D eigenvalue weighted by molar-refractivity contribution is -0.139. The molecule has 1 amide bonds. The Hall–Kier alpha value is -1.52. The Morgan fingerprint density at radius 2 is 2.24 bits per heavy atom. The van der Waals surface area contributed by atoms with Crippen LogP contribution >= 0.6 is 34.4 Å². The Balaban J connectivity index is 1.81. The maximum absolute atomic E-state index is 11.8. The molecule has 112 valence electrons. The molecule has 0 unspecified atom stereocenters. The van der Waals surface area contributed by atoms with E-state index < -0.39 is 0 Å². The molecule has 0 radical (unpaired) electrons. The number of thioether (sulfide) groups is 1. The molecule has 0 saturated carbocycles. The van der Waals surface area contributed by atoms with Gasteiger partial charge in [0.2, 0.25) is 5.91 Å². The van der Waals surface area contributed by atoms with Crippen molar-refractivity contribution < 1.29 is 14.3 Å². The van der Waals surface area contributed by atoms with E-state index in [1.807, 2.05) is 6.92 Å². The Bertz CT molecular complexity index is 640. The van der Waals surface area contributed by atoms with Gasteiger partial charge in [-0.05, 0) is 6.92 Å². The molecule has 10 heteroatoms. The number of methoxy groups -OCH3 is 1. The molecular formula is C11H12N4O3S3. The zero-order valence-corrected chi connectivity index (χ0v) is 13.7. The first-order chi connectivity index (χ1) is 10.1. The number of nitrogens with zero attached hydrogens (tertiary/aromatic N) is 3. The topological polar surface area (TPSA) is 94.1 Å². The highest BCUT2D eigenvalue weighted by Gasteiger charge is 2.11. The van der Waals surface area contributed by atoms with E-state index in [4.69, 9.17) is 0 Å². The van der Waals surface area contributed by atoms with Crippen LogP contribution in [0, 0.1) is 6.92 Å². The van der Waals surface area contributed by atoms with Gasteiger partial charge >= 0.3 is 5.97 Å². The molecule has 0 aliphatic rings. The average Bonchev–Trinajstić information content (AvgIpc) is 3.05. The maximum atomic E-state index is 11.8. The second-order valence-electron chi connectivity index (χ2n) is 3.82. The molecule has 0 fully saturated rings. The van der Waals surface area contributed by atoms with Gasteiger partial charge in [-0.2, -0.15) is 0 Å². The van der Waals surface area contributed by atoms with Crippen molar-refractivity contribution in [2.24, 2.45) is 0 Å². The fourth-order valence-electron chi connectivity index (χ4n) is 1.29. The Morgan fingerprint density at radius 1 is 1.43 bits per heavy atom. The molecule has 1 N–H and O–H groups in total. The molecular weight excluding hydrogens is 332 g/mol. The molecule has 0 atom stereocenters. The van der Waals surface area contributed by atoms with Crippen molar-refractivity contribution >= 4 is 51.4 Å². The van der Waals surface area contributed by atoms with Crippen molar-refractivity contribution in [2.45, 2.75) is 17.7 Å². The summed E-state index contributed by atoms with van der Waals surface area (Å²) >= 11 is 4.04. The van der Waals surface area contributed by atoms with Crippen LogP contribution in [0.4, 0.5) is 5.13 Å². The quantitative estimate of drug-likeness (QED) is 0.630. The summed E-state index contributed by atoms with van der Waals surface area (Å²) in [4.78, 5) is 27.0. The van der Waals surface area contributed by atoms with Crippen molar-refractivity contribution in [3.8, 4) is 0 Å². The first kappa shape index (κ1) is 15.9. The predicted octanol–water partition coefficient (Wildman–Crippen LogP) is 1.75. The van der Waals surface area contributed by atoms with Crippen LogP contribution in [-0.2, 0) is 20.7 Å². The lowest BCUT2D eigenvalue weighted by atomic mass is 10.3. The summed E-state index contributed by atoms with van der Waals surface area (Å²) in [6.45, 7) is 1.86. The molecule has 0 aromatic carbocycles. The van der Waals surface area contributed by atoms with E-state index in [1.54, 1.807) is 5.38 Å². The Labute approximate surface area is 133 Å². The van der Waals surface area contributed by atoms with Gasteiger partial charge in [0.05, 0.1) is 25.0 Å². The van der Waals surface area contributed by atoms with Crippen LogP contribution in [0.1, 0.15) is 10.7 Å². The second-order valence-corrected chi connectivity index (χ2v) is 7.08. The van der Waals surface area contributed by atoms with Crippen LogP contribution in [0.25, 0.3) is 0 Å². The average molecular weight is 344 g/mol. The lowest BCUT2D eigenvalue weighted by Crippen LogP contribution is -2.14. The number of aryl methyl sites for hydroxylation is 1. The van der Waals surface area contributed by atoms with Gasteiger partial charge in [0.15, 0.2) is 9.47 Å². The number of anilines is 1. The van der Waals surface area contributed by atoms with Gasteiger partial charge in [0.25, 0.3) is 0 Å². The number of nitrogens with one attached hydrogen (secondary N) is 1. The third kappa shape index (κ3) is 5.06. The lowest BCUT2D eigenvalue weighted by Gasteiger charge is -1.99. The van der Waals surface area contributed by atoms with Gasteiger partial charge < -0.3 is 10.1 Å². The number of amides is 1. The van der Waals surface area contributed by atoms with Crippen LogP contribution in [-0.4, -0.2) is 39.9 Å². The van der Waals surface area contributed by atoms with E-state index in [0.29, 0.717) is 10.8 Å². The van der Waals surface area contributed by atoms with Gasteiger partial charge in [-0.3, -0.25) is 9.59 Å². The van der Waals surface area contributed by atoms with E-state index in [9.17, 15) is 9.59 Å². The summed E-state index contributed by atoms with van der Waals surface area (Å²) in [5, 5.41) is 13.5. The van der Waals surface area contributed by atoms with Crippen LogP contribution in [0.2, 0.25) is 0 Å². The SMILES string of the molecule is COC(=O)Cc1csc(NC(=O)CSc2nnc(C)s2)n1. The molecule has 0 aliphatic heterocycles. The first-order valence-corrected chi connectivity index (χ1v) is 8.49. The Morgan fingerprint density at radius 3 is 2.90 bits per heavy atom. The van der Waals surface area contributed by atoms with Gasteiger partial charge in [0, 0.05) is 5.38 Å². The van der Waals surface area contributed by atoms with Crippen molar-refractivity contribution in [1.82, 2.24) is 15.2 Å². The van der Waals surface area contributed by atoms with Gasteiger partial charge in [-0.15, -0.1) is 21.5 Å². The van der Waals surface area contributed by atoms with Crippen molar-refractivity contribution in [2.75, 3.05) is 18.2 Å². The standard InChI is InChI=1S/C11H12N4O3S3/c1-6-14-15-11(21-6)20-5-8(16)13-10-12-7(4-19-10)3-9(17)18-2/h4H,3,5H2,1-2H3,(H,12,13,16). The van der Waals surface area contributed by atoms with Crippen molar-refractivity contribution in [3.05, 3.63) is 16.1 Å². The molecule has 7 nitrogen and oxygen atoms in total. The van der Waals surface area contributed by atoms with Crippen molar-refractivity contribution in [1.29, 1.82) is 0 Å². The number of ether oxygens (including phenoxy) is 1. The molecule has 2 aromatic rings. The number of hydrogen-bond acceptors (Lipinski definition) is 9. The van der Waals surface area contributed by atoms with E-state index in [0.717, 1.165) is 9.35 Å². The molecule has 0 saturated heterocycles. The number of hydrogen-bond donors (Lipinski definition) is 1. The first-order valence-electron chi connectivity index (χ1n) is 5.81. The van der Waals surface area contributed by atoms with E-state index in [2.05, 4.69) is 25.2 Å². The number of esters is 1. The molecule has 0 spiro atoms. The van der Waals surface area contributed by atoms with Gasteiger partial charge in [0.1, 0.15) is 5.01 Å². The van der Waals surface area contributed by atoms with Crippen LogP contribution in [0.3, 0.4) is 0 Å². The molecule has 0 aliphatic carbocycles. The zero-order chi connectivity index (χ0) is 15.2. The third-order valence-electron chi connectivity index (χ3n) is 2.19. The number of carbonyl (C=O) groups is 2. The fourth-order valence-corrected chi connectivity index (χ4v) is 3.63. The number of carbonyl (C=O) groups excluding carboxylic acids is 2. The smallest absolute Gasteiger partial charge is 0.311 e. The molecule has 2 heterocycles. The van der Waals surface area contributed by atoms with E-state index in [1.165, 1.54) is 41.5 Å². The third-order valence-corrected chi connectivity index (χ3v) is 4.96. The maximum Gasteiger partial charge on any atom is 0.311 e. The molecule has 2 rings (SSSR count). The number of thiazole rings is 1. The molecule has 2 aromatic heterocycles. The summed E-state index contributed by atoms with van der Waals surface area (Å²) in [6.07, 6.45) is 0.0989. The zero-order valence-electron chi connectivity index (χ0n) is 11.3. The number of aromatic nitrogens is 3. The number of rotatable bonds is 6. The highest BCUT2D eigenvalue weighted by molar-refractivity contribution is 8.01. The second kappa shape index (κ2) is 7.48. The Kier molecular flexibility index (Phi) is 5.65. The highest BCUT2D eigenvalue weighted by Crippen LogP contribution is 2.22. The molecule has 0 bridgehead atoms. The monoisotopic (exact) mass is 344 g/mol. The van der Waals surface area contributed by atoms with Crippen molar-refractivity contribution in [3.63, 3.8) is 0 Å². The van der Waals surface area contributed by atoms with Gasteiger partial charge in [-0.1, -0.05) is 23.1 Å². The van der Waals surface area contributed by atoms with E-state index >= 15 is 0 Å². The minimum atomic E-state index is -0.361. The van der Waals surface area contributed by atoms with Crippen LogP contribution in [0.15, 0.2) is 9.72 Å². The van der Waals surface area contributed by atoms with Gasteiger partial charge in [-0.25, -0.2) is 4.98 Å². The molecule has 21 heavy (non-hydrogen) atoms. The summed E-state index contributed by atoms with van der Waals surface area (Å²) in [7, 11) is 1.32. The fraction of sp³-hybridized carbons (Fsp3) is 0.364. The van der Waals surface area contributed by atoms with Crippen LogP contribution < -0.4 is 5.32 Å². The minimum absolute atomic E-state index is 0.0989.